The van der Waals surface area contributed by atoms with Crippen molar-refractivity contribution >= 4 is 33.2 Å². The van der Waals surface area contributed by atoms with Crippen molar-refractivity contribution in [2.24, 2.45) is 0 Å². The number of methoxy groups -OCH3 is 1. The highest BCUT2D eigenvalue weighted by molar-refractivity contribution is 9.09. The van der Waals surface area contributed by atoms with E-state index in [2.05, 4.69) is 15.9 Å². The number of amides is 1. The number of carbonyl (C=O) groups excluding carboxylic acids is 1. The monoisotopic (exact) mass is 331 g/mol. The number of ether oxygens (including phenoxy) is 1. The van der Waals surface area contributed by atoms with Gasteiger partial charge in [-0.1, -0.05) is 28.8 Å². The molecule has 1 amide bonds. The summed E-state index contributed by atoms with van der Waals surface area (Å²) in [7, 11) is 1.63. The molecule has 5 heteroatoms. The van der Waals surface area contributed by atoms with Gasteiger partial charge in [-0.15, -0.1) is 11.3 Å². The van der Waals surface area contributed by atoms with Crippen molar-refractivity contribution in [1.82, 2.24) is 4.90 Å². The van der Waals surface area contributed by atoms with E-state index in [4.69, 9.17) is 4.74 Å². The molecule has 0 N–H and O–H groups in total. The van der Waals surface area contributed by atoms with Gasteiger partial charge in [0.25, 0.3) is 5.91 Å². The number of rotatable bonds is 5. The van der Waals surface area contributed by atoms with Crippen molar-refractivity contribution in [2.45, 2.75) is 31.7 Å². The zero-order chi connectivity index (χ0) is 13.0. The molecule has 1 aliphatic carbocycles. The number of nitrogens with zero attached hydrogens (tertiary/aromatic N) is 1. The number of alkyl halides is 1. The fourth-order valence-corrected chi connectivity index (χ4v) is 3.63. The fraction of sp³-hybridized carbons (Fsp3) is 0.615. The molecule has 2 rings (SSSR count). The maximum Gasteiger partial charge on any atom is 0.264 e. The van der Waals surface area contributed by atoms with Gasteiger partial charge in [-0.3, -0.25) is 4.79 Å². The van der Waals surface area contributed by atoms with Crippen LogP contribution < -0.4 is 4.74 Å². The lowest BCUT2D eigenvalue weighted by Gasteiger charge is -2.27. The van der Waals surface area contributed by atoms with Crippen LogP contribution in [0.5, 0.6) is 5.75 Å². The number of thiophene rings is 1. The molecule has 0 aromatic carbocycles. The fourth-order valence-electron chi connectivity index (χ4n) is 2.44. The van der Waals surface area contributed by atoms with Gasteiger partial charge in [-0.2, -0.15) is 0 Å². The Labute approximate surface area is 120 Å². The Morgan fingerprint density at radius 2 is 2.28 bits per heavy atom. The van der Waals surface area contributed by atoms with Crippen LogP contribution in [0.4, 0.5) is 0 Å². The van der Waals surface area contributed by atoms with Crippen molar-refractivity contribution in [3.05, 3.63) is 16.3 Å². The molecule has 18 heavy (non-hydrogen) atoms. The van der Waals surface area contributed by atoms with Crippen molar-refractivity contribution in [3.8, 4) is 5.75 Å². The number of halogens is 1. The molecule has 0 spiro atoms. The van der Waals surface area contributed by atoms with Gasteiger partial charge in [-0.25, -0.2) is 0 Å². The Balaban J connectivity index is 2.11. The minimum absolute atomic E-state index is 0.148. The molecular formula is C13H18BrNO2S. The number of carbonyl (C=O) groups is 1. The lowest BCUT2D eigenvalue weighted by molar-refractivity contribution is 0.0701. The van der Waals surface area contributed by atoms with Gasteiger partial charge in [0.1, 0.15) is 5.75 Å². The molecule has 0 unspecified atom stereocenters. The van der Waals surface area contributed by atoms with Crippen molar-refractivity contribution in [1.29, 1.82) is 0 Å². The molecule has 1 fully saturated rings. The predicted molar refractivity (Wildman–Crippen MR) is 78.0 cm³/mol. The van der Waals surface area contributed by atoms with E-state index >= 15 is 0 Å². The van der Waals surface area contributed by atoms with Crippen LogP contribution in [0.15, 0.2) is 11.4 Å². The maximum atomic E-state index is 12.5. The molecular weight excluding hydrogens is 314 g/mol. The molecule has 0 radical (unpaired) electrons. The van der Waals surface area contributed by atoms with Crippen LogP contribution in [0, 0.1) is 0 Å². The summed E-state index contributed by atoms with van der Waals surface area (Å²) in [6, 6.07) is 2.26. The largest absolute Gasteiger partial charge is 0.496 e. The minimum atomic E-state index is 0.148. The molecule has 1 saturated carbocycles. The minimum Gasteiger partial charge on any atom is -0.496 e. The Hall–Kier alpha value is -0.550. The van der Waals surface area contributed by atoms with Gasteiger partial charge >= 0.3 is 0 Å². The van der Waals surface area contributed by atoms with Crippen LogP contribution >= 0.6 is 27.3 Å². The summed E-state index contributed by atoms with van der Waals surface area (Å²) in [5, 5.41) is 2.71. The highest BCUT2D eigenvalue weighted by Gasteiger charge is 2.27. The van der Waals surface area contributed by atoms with Gasteiger partial charge < -0.3 is 9.64 Å². The van der Waals surface area contributed by atoms with Crippen LogP contribution in [0.3, 0.4) is 0 Å². The molecule has 1 aromatic rings. The van der Waals surface area contributed by atoms with E-state index in [1.165, 1.54) is 24.2 Å². The highest BCUT2D eigenvalue weighted by Crippen LogP contribution is 2.28. The average Bonchev–Trinajstić information content (AvgIpc) is 3.05. The third-order valence-corrected chi connectivity index (χ3v) is 4.62. The summed E-state index contributed by atoms with van der Waals surface area (Å²) < 4.78 is 5.14. The summed E-state index contributed by atoms with van der Waals surface area (Å²) in [5.41, 5.74) is 0. The van der Waals surface area contributed by atoms with Gasteiger partial charge in [0.05, 0.1) is 12.0 Å². The molecule has 0 saturated heterocycles. The van der Waals surface area contributed by atoms with Crippen LogP contribution in [-0.2, 0) is 0 Å². The standard InChI is InChI=1S/C13H18BrNO2S/c1-17-11-8-12(18-9-11)13(16)15(7-6-14)10-4-2-3-5-10/h8-10H,2-7H2,1H3. The summed E-state index contributed by atoms with van der Waals surface area (Å²) in [6.07, 6.45) is 4.76. The second-order valence-electron chi connectivity index (χ2n) is 4.48. The zero-order valence-electron chi connectivity index (χ0n) is 10.5. The van der Waals surface area contributed by atoms with Crippen molar-refractivity contribution in [3.63, 3.8) is 0 Å². The topological polar surface area (TPSA) is 29.5 Å². The van der Waals surface area contributed by atoms with Crippen LogP contribution in [-0.4, -0.2) is 35.8 Å². The van der Waals surface area contributed by atoms with Crippen molar-refractivity contribution < 1.29 is 9.53 Å². The smallest absolute Gasteiger partial charge is 0.264 e. The van der Waals surface area contributed by atoms with Crippen molar-refractivity contribution in [2.75, 3.05) is 19.0 Å². The Kier molecular flexibility index (Phi) is 5.06. The lowest BCUT2D eigenvalue weighted by atomic mass is 10.2. The van der Waals surface area contributed by atoms with E-state index in [1.54, 1.807) is 7.11 Å². The normalized spacial score (nSPS) is 15.9. The van der Waals surface area contributed by atoms with E-state index in [0.717, 1.165) is 35.3 Å². The van der Waals surface area contributed by atoms with E-state index in [0.29, 0.717) is 6.04 Å². The van der Waals surface area contributed by atoms with Crippen LogP contribution in [0.1, 0.15) is 35.4 Å². The third-order valence-electron chi connectivity index (χ3n) is 3.37. The first kappa shape index (κ1) is 13.9. The zero-order valence-corrected chi connectivity index (χ0v) is 12.9. The molecule has 0 aliphatic heterocycles. The molecule has 100 valence electrons. The molecule has 1 aromatic heterocycles. The first-order valence-corrected chi connectivity index (χ1v) is 8.26. The second kappa shape index (κ2) is 6.57. The third kappa shape index (κ3) is 3.06. The van der Waals surface area contributed by atoms with Gasteiger partial charge in [0.15, 0.2) is 0 Å². The highest BCUT2D eigenvalue weighted by atomic mass is 79.9. The van der Waals surface area contributed by atoms with E-state index in [1.807, 2.05) is 16.3 Å². The Morgan fingerprint density at radius 3 is 2.83 bits per heavy atom. The maximum absolute atomic E-state index is 12.5. The second-order valence-corrected chi connectivity index (χ2v) is 6.18. The van der Waals surface area contributed by atoms with Crippen LogP contribution in [0.25, 0.3) is 0 Å². The van der Waals surface area contributed by atoms with Gasteiger partial charge in [0, 0.05) is 29.4 Å². The number of hydrogen-bond donors (Lipinski definition) is 0. The first-order valence-electron chi connectivity index (χ1n) is 6.25. The lowest BCUT2D eigenvalue weighted by Crippen LogP contribution is -2.39. The summed E-state index contributed by atoms with van der Waals surface area (Å²) in [6.45, 7) is 0.781. The SMILES string of the molecule is COc1csc(C(=O)N(CCBr)C2CCCC2)c1. The molecule has 0 atom stereocenters. The molecule has 1 aliphatic rings. The quantitative estimate of drug-likeness (QED) is 0.772. The van der Waals surface area contributed by atoms with E-state index < -0.39 is 0 Å². The summed E-state index contributed by atoms with van der Waals surface area (Å²) in [4.78, 5) is 15.3. The average molecular weight is 332 g/mol. The van der Waals surface area contributed by atoms with Crippen LogP contribution in [0.2, 0.25) is 0 Å². The van der Waals surface area contributed by atoms with E-state index in [-0.39, 0.29) is 5.91 Å². The molecule has 1 heterocycles. The van der Waals surface area contributed by atoms with Gasteiger partial charge in [-0.05, 0) is 12.8 Å². The van der Waals surface area contributed by atoms with E-state index in [9.17, 15) is 4.79 Å². The summed E-state index contributed by atoms with van der Waals surface area (Å²) >= 11 is 4.91. The predicted octanol–water partition coefficient (Wildman–Crippen LogP) is 3.54. The number of hydrogen-bond acceptors (Lipinski definition) is 3. The first-order chi connectivity index (χ1) is 8.76. The molecule has 0 bridgehead atoms. The van der Waals surface area contributed by atoms with Gasteiger partial charge in [0.2, 0.25) is 0 Å². The summed E-state index contributed by atoms with van der Waals surface area (Å²) in [5.74, 6) is 0.920. The molecule has 3 nitrogen and oxygen atoms in total. The Bertz CT molecular complexity index is 401. The Morgan fingerprint density at radius 1 is 1.56 bits per heavy atom.